The van der Waals surface area contributed by atoms with Crippen molar-refractivity contribution in [1.29, 1.82) is 0 Å². The molecule has 0 amide bonds. The van der Waals surface area contributed by atoms with Crippen LogP contribution >= 0.6 is 0 Å². The van der Waals surface area contributed by atoms with Crippen molar-refractivity contribution in [2.45, 2.75) is 65.2 Å². The third kappa shape index (κ3) is 1.74. The first-order valence-corrected chi connectivity index (χ1v) is 9.26. The van der Waals surface area contributed by atoms with Gasteiger partial charge in [0.15, 0.2) is 0 Å². The quantitative estimate of drug-likeness (QED) is 0.615. The van der Waals surface area contributed by atoms with Gasteiger partial charge in [0.25, 0.3) is 0 Å². The van der Waals surface area contributed by atoms with Crippen LogP contribution in [0.4, 0.5) is 0 Å². The van der Waals surface area contributed by atoms with Crippen LogP contribution in [-0.4, -0.2) is 18.0 Å². The van der Waals surface area contributed by atoms with E-state index in [9.17, 15) is 9.90 Å². The van der Waals surface area contributed by atoms with E-state index in [0.29, 0.717) is 22.7 Å². The van der Waals surface area contributed by atoms with Gasteiger partial charge in [0.2, 0.25) is 0 Å². The topological polar surface area (TPSA) is 37.3 Å². The molecule has 3 saturated carbocycles. The first-order valence-electron chi connectivity index (χ1n) is 9.26. The standard InChI is InChI=1S/C20H30O2/c1-18(13-22)7-3-8-19(2)16(18)6-9-20-10-14(4-5-17(19)20)15(11-20)12-21/h11,13-14,16-17,21H,3-10,12H2,1-2H3/t14-,16-,17+,18+,19-,20+/m1/s1. The molecule has 4 aliphatic rings. The predicted octanol–water partition coefficient (Wildman–Crippen LogP) is 4.13. The van der Waals surface area contributed by atoms with E-state index < -0.39 is 0 Å². The van der Waals surface area contributed by atoms with E-state index in [1.807, 2.05) is 0 Å². The lowest BCUT2D eigenvalue weighted by Gasteiger charge is -2.63. The smallest absolute Gasteiger partial charge is 0.126 e. The van der Waals surface area contributed by atoms with E-state index in [0.717, 1.165) is 12.3 Å². The van der Waals surface area contributed by atoms with Gasteiger partial charge in [-0.1, -0.05) is 26.3 Å². The predicted molar refractivity (Wildman–Crippen MR) is 87.3 cm³/mol. The third-order valence-electron chi connectivity index (χ3n) is 8.29. The summed E-state index contributed by atoms with van der Waals surface area (Å²) in [6.45, 7) is 4.97. The Bertz CT molecular complexity index is 524. The van der Waals surface area contributed by atoms with Crippen LogP contribution in [0.15, 0.2) is 11.6 Å². The lowest BCUT2D eigenvalue weighted by Crippen LogP contribution is -2.56. The molecule has 0 radical (unpaired) electrons. The van der Waals surface area contributed by atoms with E-state index in [1.54, 1.807) is 0 Å². The molecule has 1 spiro atoms. The number of aliphatic hydroxyl groups excluding tert-OH is 1. The maximum atomic E-state index is 11.8. The molecule has 1 N–H and O–H groups in total. The van der Waals surface area contributed by atoms with Crippen LogP contribution < -0.4 is 0 Å². The van der Waals surface area contributed by atoms with Gasteiger partial charge in [0, 0.05) is 5.41 Å². The monoisotopic (exact) mass is 302 g/mol. The lowest BCUT2D eigenvalue weighted by molar-refractivity contribution is -0.151. The summed E-state index contributed by atoms with van der Waals surface area (Å²) in [7, 11) is 0. The van der Waals surface area contributed by atoms with E-state index in [1.165, 1.54) is 56.8 Å². The molecule has 2 bridgehead atoms. The second-order valence-corrected chi connectivity index (χ2v) is 9.22. The fraction of sp³-hybridized carbons (Fsp3) is 0.850. The maximum absolute atomic E-state index is 11.8. The highest BCUT2D eigenvalue weighted by Crippen LogP contribution is 2.70. The largest absolute Gasteiger partial charge is 0.392 e. The highest BCUT2D eigenvalue weighted by molar-refractivity contribution is 5.60. The average molecular weight is 302 g/mol. The fourth-order valence-corrected chi connectivity index (χ4v) is 7.41. The molecule has 122 valence electrons. The van der Waals surface area contributed by atoms with Gasteiger partial charge in [0.1, 0.15) is 6.29 Å². The van der Waals surface area contributed by atoms with Crippen LogP contribution in [0.1, 0.15) is 65.2 Å². The van der Waals surface area contributed by atoms with Crippen molar-refractivity contribution in [3.05, 3.63) is 11.6 Å². The van der Waals surface area contributed by atoms with Crippen LogP contribution in [0.3, 0.4) is 0 Å². The number of aliphatic hydroxyl groups is 1. The van der Waals surface area contributed by atoms with Gasteiger partial charge < -0.3 is 9.90 Å². The molecule has 4 aliphatic carbocycles. The van der Waals surface area contributed by atoms with Crippen LogP contribution in [0, 0.1) is 34.0 Å². The molecule has 3 fully saturated rings. The van der Waals surface area contributed by atoms with Crippen LogP contribution in [-0.2, 0) is 4.79 Å². The van der Waals surface area contributed by atoms with Gasteiger partial charge >= 0.3 is 0 Å². The summed E-state index contributed by atoms with van der Waals surface area (Å²) in [5.74, 6) is 1.92. The summed E-state index contributed by atoms with van der Waals surface area (Å²) in [4.78, 5) is 11.8. The zero-order valence-electron chi connectivity index (χ0n) is 14.1. The fourth-order valence-electron chi connectivity index (χ4n) is 7.41. The van der Waals surface area contributed by atoms with Crippen molar-refractivity contribution >= 4 is 6.29 Å². The Morgan fingerprint density at radius 3 is 2.73 bits per heavy atom. The van der Waals surface area contributed by atoms with Gasteiger partial charge in [0.05, 0.1) is 6.61 Å². The number of hydrogen-bond donors (Lipinski definition) is 1. The van der Waals surface area contributed by atoms with Crippen LogP contribution in [0.5, 0.6) is 0 Å². The molecular weight excluding hydrogens is 272 g/mol. The molecule has 2 nitrogen and oxygen atoms in total. The zero-order chi connectivity index (χ0) is 15.6. The summed E-state index contributed by atoms with van der Waals surface area (Å²) in [6.07, 6.45) is 13.6. The Morgan fingerprint density at radius 1 is 1.18 bits per heavy atom. The summed E-state index contributed by atoms with van der Waals surface area (Å²) in [5, 5.41) is 9.70. The molecule has 6 atom stereocenters. The van der Waals surface area contributed by atoms with Crippen molar-refractivity contribution in [3.8, 4) is 0 Å². The minimum absolute atomic E-state index is 0.104. The van der Waals surface area contributed by atoms with E-state index in [2.05, 4.69) is 19.9 Å². The van der Waals surface area contributed by atoms with Gasteiger partial charge in [-0.05, 0) is 79.1 Å². The second kappa shape index (κ2) is 4.69. The Kier molecular flexibility index (Phi) is 3.18. The normalized spacial score (nSPS) is 53.4. The number of fused-ring (bicyclic) bond motifs is 3. The number of allylic oxidation sites excluding steroid dienone is 1. The van der Waals surface area contributed by atoms with Crippen molar-refractivity contribution in [2.24, 2.45) is 34.0 Å². The third-order valence-corrected chi connectivity index (χ3v) is 8.29. The number of aldehydes is 1. The molecule has 0 unspecified atom stereocenters. The van der Waals surface area contributed by atoms with Gasteiger partial charge in [-0.3, -0.25) is 0 Å². The van der Waals surface area contributed by atoms with Gasteiger partial charge in [-0.25, -0.2) is 0 Å². The Hall–Kier alpha value is -0.630. The minimum atomic E-state index is -0.104. The van der Waals surface area contributed by atoms with Crippen molar-refractivity contribution in [1.82, 2.24) is 0 Å². The van der Waals surface area contributed by atoms with Crippen LogP contribution in [0.25, 0.3) is 0 Å². The molecular formula is C20H30O2. The Morgan fingerprint density at radius 2 is 2.00 bits per heavy atom. The molecule has 4 rings (SSSR count). The molecule has 0 aliphatic heterocycles. The molecule has 0 saturated heterocycles. The van der Waals surface area contributed by atoms with E-state index in [4.69, 9.17) is 0 Å². The molecule has 0 aromatic rings. The maximum Gasteiger partial charge on any atom is 0.126 e. The zero-order valence-corrected chi connectivity index (χ0v) is 14.1. The molecule has 0 aromatic carbocycles. The molecule has 0 heterocycles. The minimum Gasteiger partial charge on any atom is -0.392 e. The van der Waals surface area contributed by atoms with Gasteiger partial charge in [-0.2, -0.15) is 0 Å². The molecule has 0 aromatic heterocycles. The lowest BCUT2D eigenvalue weighted by atomic mass is 9.41. The van der Waals surface area contributed by atoms with Crippen LogP contribution in [0.2, 0.25) is 0 Å². The summed E-state index contributed by atoms with van der Waals surface area (Å²) in [5.41, 5.74) is 1.87. The van der Waals surface area contributed by atoms with Crippen molar-refractivity contribution in [2.75, 3.05) is 6.61 Å². The van der Waals surface area contributed by atoms with Crippen molar-refractivity contribution in [3.63, 3.8) is 0 Å². The van der Waals surface area contributed by atoms with Crippen molar-refractivity contribution < 1.29 is 9.90 Å². The average Bonchev–Trinajstić information content (AvgIpc) is 2.77. The van der Waals surface area contributed by atoms with Gasteiger partial charge in [-0.15, -0.1) is 0 Å². The second-order valence-electron chi connectivity index (χ2n) is 9.22. The number of rotatable bonds is 2. The summed E-state index contributed by atoms with van der Waals surface area (Å²) >= 11 is 0. The summed E-state index contributed by atoms with van der Waals surface area (Å²) < 4.78 is 0. The summed E-state index contributed by atoms with van der Waals surface area (Å²) in [6, 6.07) is 0. The first kappa shape index (κ1) is 14.9. The number of hydrogen-bond acceptors (Lipinski definition) is 2. The van der Waals surface area contributed by atoms with E-state index in [-0.39, 0.29) is 12.0 Å². The van der Waals surface area contributed by atoms with E-state index >= 15 is 0 Å². The SMILES string of the molecule is C[C@@]12CCC[C@@](C)(C=O)[C@H]1CC[C@]13C=C(CO)[C@H](CC[C@H]12)C3. The highest BCUT2D eigenvalue weighted by atomic mass is 16.3. The number of carbonyl (C=O) groups excluding carboxylic acids is 1. The Balaban J connectivity index is 1.75. The Labute approximate surface area is 134 Å². The number of carbonyl (C=O) groups is 1. The highest BCUT2D eigenvalue weighted by Gasteiger charge is 2.62. The molecule has 22 heavy (non-hydrogen) atoms. The first-order chi connectivity index (χ1) is 10.5. The molecule has 2 heteroatoms.